The Kier molecular flexibility index (Phi) is 4.24. The number of amides is 1. The lowest BCUT2D eigenvalue weighted by atomic mass is 10.2. The van der Waals surface area contributed by atoms with Crippen LogP contribution in [0.15, 0.2) is 34.1 Å². The Hall–Kier alpha value is -1.37. The number of hydrogen-bond acceptors (Lipinski definition) is 3. The van der Waals surface area contributed by atoms with Crippen LogP contribution in [-0.2, 0) is 0 Å². The van der Waals surface area contributed by atoms with Crippen molar-refractivity contribution in [2.45, 2.75) is 0 Å². The summed E-state index contributed by atoms with van der Waals surface area (Å²) in [6, 6.07) is 6.31. The van der Waals surface area contributed by atoms with Crippen molar-refractivity contribution in [3.63, 3.8) is 0 Å². The molecule has 1 aromatic heterocycles. The normalized spacial score (nSPS) is 10.2. The van der Waals surface area contributed by atoms with Crippen molar-refractivity contribution in [2.75, 3.05) is 5.32 Å². The zero-order valence-corrected chi connectivity index (χ0v) is 12.5. The lowest BCUT2D eigenvalue weighted by molar-refractivity contribution is 0.0703. The second kappa shape index (κ2) is 5.73. The molecule has 0 aliphatic rings. The molecular formula is C12H7BrClNO3S. The topological polar surface area (TPSA) is 66.4 Å². The van der Waals surface area contributed by atoms with Gasteiger partial charge in [0, 0.05) is 9.50 Å². The summed E-state index contributed by atoms with van der Waals surface area (Å²) in [6.45, 7) is 0. The fourth-order valence-electron chi connectivity index (χ4n) is 1.44. The van der Waals surface area contributed by atoms with E-state index in [-0.39, 0.29) is 10.6 Å². The molecule has 0 spiro atoms. The summed E-state index contributed by atoms with van der Waals surface area (Å²) in [6.07, 6.45) is 0. The average molecular weight is 361 g/mol. The quantitative estimate of drug-likeness (QED) is 0.865. The van der Waals surface area contributed by atoms with Gasteiger partial charge in [0.15, 0.2) is 0 Å². The van der Waals surface area contributed by atoms with Gasteiger partial charge < -0.3 is 10.4 Å². The van der Waals surface area contributed by atoms with Crippen LogP contribution in [0.4, 0.5) is 5.69 Å². The Balaban J connectivity index is 2.26. The number of carbonyl (C=O) groups excluding carboxylic acids is 1. The van der Waals surface area contributed by atoms with E-state index in [1.807, 2.05) is 0 Å². The maximum absolute atomic E-state index is 12.0. The number of nitrogens with one attached hydrogen (secondary N) is 1. The van der Waals surface area contributed by atoms with Crippen molar-refractivity contribution in [3.8, 4) is 0 Å². The van der Waals surface area contributed by atoms with Gasteiger partial charge in [-0.2, -0.15) is 0 Å². The molecule has 2 N–H and O–H groups in total. The Morgan fingerprint density at radius 3 is 2.68 bits per heavy atom. The molecule has 98 valence electrons. The van der Waals surface area contributed by atoms with Gasteiger partial charge in [0.25, 0.3) is 5.91 Å². The smallest absolute Gasteiger partial charge is 0.348 e. The van der Waals surface area contributed by atoms with Crippen molar-refractivity contribution in [1.82, 2.24) is 0 Å². The van der Waals surface area contributed by atoms with Gasteiger partial charge >= 0.3 is 5.97 Å². The third kappa shape index (κ3) is 3.15. The lowest BCUT2D eigenvalue weighted by Gasteiger charge is -2.06. The molecule has 0 radical (unpaired) electrons. The largest absolute Gasteiger partial charge is 0.477 e. The standard InChI is InChI=1S/C12H7BrClNO3S/c13-8-5-6(14)1-2-7(8)11(16)15-9-3-4-19-10(9)12(17)18/h1-5H,(H,15,16)(H,17,18). The first-order chi connectivity index (χ1) is 8.99. The van der Waals surface area contributed by atoms with Gasteiger partial charge in [-0.3, -0.25) is 4.79 Å². The fourth-order valence-corrected chi connectivity index (χ4v) is 2.99. The molecule has 0 saturated carbocycles. The Morgan fingerprint density at radius 2 is 2.05 bits per heavy atom. The van der Waals surface area contributed by atoms with Gasteiger partial charge in [0.2, 0.25) is 0 Å². The second-order valence-electron chi connectivity index (χ2n) is 3.55. The van der Waals surface area contributed by atoms with Gasteiger partial charge in [0.1, 0.15) is 4.88 Å². The molecular weight excluding hydrogens is 354 g/mol. The highest BCUT2D eigenvalue weighted by Crippen LogP contribution is 2.25. The number of anilines is 1. The van der Waals surface area contributed by atoms with E-state index in [9.17, 15) is 9.59 Å². The predicted octanol–water partition coefficient (Wildman–Crippen LogP) is 4.11. The van der Waals surface area contributed by atoms with Crippen LogP contribution in [0.2, 0.25) is 5.02 Å². The van der Waals surface area contributed by atoms with Crippen LogP contribution in [0.1, 0.15) is 20.0 Å². The number of rotatable bonds is 3. The minimum Gasteiger partial charge on any atom is -0.477 e. The first-order valence-corrected chi connectivity index (χ1v) is 7.11. The predicted molar refractivity (Wildman–Crippen MR) is 78.4 cm³/mol. The Bertz CT molecular complexity index is 656. The highest BCUT2D eigenvalue weighted by Gasteiger charge is 2.16. The van der Waals surface area contributed by atoms with Crippen LogP contribution in [0.5, 0.6) is 0 Å². The minimum atomic E-state index is -1.07. The first-order valence-electron chi connectivity index (χ1n) is 5.06. The van der Waals surface area contributed by atoms with Gasteiger partial charge in [0.05, 0.1) is 11.3 Å². The minimum absolute atomic E-state index is 0.0958. The van der Waals surface area contributed by atoms with Gasteiger partial charge in [-0.1, -0.05) is 11.6 Å². The van der Waals surface area contributed by atoms with Crippen molar-refractivity contribution in [3.05, 3.63) is 49.6 Å². The van der Waals surface area contributed by atoms with Gasteiger partial charge in [-0.05, 0) is 45.6 Å². The summed E-state index contributed by atoms with van der Waals surface area (Å²) in [4.78, 5) is 23.1. The summed E-state index contributed by atoms with van der Waals surface area (Å²) in [7, 11) is 0. The van der Waals surface area contributed by atoms with Crippen LogP contribution in [-0.4, -0.2) is 17.0 Å². The molecule has 0 atom stereocenters. The number of thiophene rings is 1. The van der Waals surface area contributed by atoms with E-state index in [0.717, 1.165) is 11.3 Å². The Morgan fingerprint density at radius 1 is 1.32 bits per heavy atom. The summed E-state index contributed by atoms with van der Waals surface area (Å²) in [5.41, 5.74) is 0.663. The van der Waals surface area contributed by atoms with Crippen molar-refractivity contribution < 1.29 is 14.7 Å². The summed E-state index contributed by atoms with van der Waals surface area (Å²) < 4.78 is 0.546. The average Bonchev–Trinajstić information content (AvgIpc) is 2.76. The number of hydrogen-bond donors (Lipinski definition) is 2. The maximum atomic E-state index is 12.0. The van der Waals surface area contributed by atoms with Crippen LogP contribution >= 0.6 is 38.9 Å². The monoisotopic (exact) mass is 359 g/mol. The second-order valence-corrected chi connectivity index (χ2v) is 5.75. The lowest BCUT2D eigenvalue weighted by Crippen LogP contribution is -2.14. The highest BCUT2D eigenvalue weighted by atomic mass is 79.9. The molecule has 7 heteroatoms. The molecule has 0 fully saturated rings. The molecule has 19 heavy (non-hydrogen) atoms. The van der Waals surface area contributed by atoms with E-state index in [0.29, 0.717) is 15.1 Å². The molecule has 1 heterocycles. The molecule has 2 rings (SSSR count). The summed E-state index contributed by atoms with van der Waals surface area (Å²) in [5, 5.41) is 13.6. The van der Waals surface area contributed by atoms with Crippen LogP contribution in [0.3, 0.4) is 0 Å². The van der Waals surface area contributed by atoms with E-state index >= 15 is 0 Å². The maximum Gasteiger partial charge on any atom is 0.348 e. The van der Waals surface area contributed by atoms with E-state index in [2.05, 4.69) is 21.2 Å². The molecule has 0 aliphatic carbocycles. The molecule has 0 unspecified atom stereocenters. The number of aromatic carboxylic acids is 1. The first kappa shape index (κ1) is 14.0. The highest BCUT2D eigenvalue weighted by molar-refractivity contribution is 9.10. The van der Waals surface area contributed by atoms with Crippen LogP contribution < -0.4 is 5.32 Å². The fraction of sp³-hybridized carbons (Fsp3) is 0. The number of halogens is 2. The molecule has 0 aliphatic heterocycles. The number of carbonyl (C=O) groups is 2. The summed E-state index contributed by atoms with van der Waals surface area (Å²) >= 11 is 10.1. The molecule has 1 amide bonds. The van der Waals surface area contributed by atoms with Crippen molar-refractivity contribution in [1.29, 1.82) is 0 Å². The van der Waals surface area contributed by atoms with Crippen LogP contribution in [0, 0.1) is 0 Å². The van der Waals surface area contributed by atoms with E-state index in [1.54, 1.807) is 29.6 Å². The molecule has 4 nitrogen and oxygen atoms in total. The van der Waals surface area contributed by atoms with Gasteiger partial charge in [-0.25, -0.2) is 4.79 Å². The van der Waals surface area contributed by atoms with E-state index in [1.165, 1.54) is 0 Å². The Labute approximate surface area is 126 Å². The van der Waals surface area contributed by atoms with E-state index < -0.39 is 11.9 Å². The van der Waals surface area contributed by atoms with Crippen molar-refractivity contribution >= 4 is 56.4 Å². The molecule has 1 aromatic carbocycles. The number of carboxylic acid groups (broad SMARTS) is 1. The number of benzene rings is 1. The molecule has 0 bridgehead atoms. The zero-order chi connectivity index (χ0) is 14.0. The van der Waals surface area contributed by atoms with Crippen LogP contribution in [0.25, 0.3) is 0 Å². The summed E-state index contributed by atoms with van der Waals surface area (Å²) in [5.74, 6) is -1.47. The SMILES string of the molecule is O=C(Nc1ccsc1C(=O)O)c1ccc(Cl)cc1Br. The molecule has 2 aromatic rings. The van der Waals surface area contributed by atoms with E-state index in [4.69, 9.17) is 16.7 Å². The zero-order valence-electron chi connectivity index (χ0n) is 9.31. The third-order valence-electron chi connectivity index (χ3n) is 2.28. The molecule has 0 saturated heterocycles. The van der Waals surface area contributed by atoms with Gasteiger partial charge in [-0.15, -0.1) is 11.3 Å². The third-order valence-corrected chi connectivity index (χ3v) is 4.08. The number of carboxylic acids is 1. The van der Waals surface area contributed by atoms with Crippen molar-refractivity contribution in [2.24, 2.45) is 0 Å².